The predicted octanol–water partition coefficient (Wildman–Crippen LogP) is 4.50. The molecule has 0 aliphatic rings. The largest absolute Gasteiger partial charge is 0.325 e. The maximum atomic E-state index is 13.2. The summed E-state index contributed by atoms with van der Waals surface area (Å²) >= 11 is 7.15. The quantitative estimate of drug-likeness (QED) is 0.501. The van der Waals surface area contributed by atoms with E-state index in [-0.39, 0.29) is 23.3 Å². The molecule has 1 amide bonds. The van der Waals surface area contributed by atoms with Crippen molar-refractivity contribution in [1.29, 1.82) is 0 Å². The molecule has 0 saturated heterocycles. The molecule has 3 aromatic rings. The number of carbonyl (C=O) groups excluding carboxylic acids is 1. The van der Waals surface area contributed by atoms with Gasteiger partial charge in [-0.25, -0.2) is 9.37 Å². The van der Waals surface area contributed by atoms with Gasteiger partial charge in [0.05, 0.1) is 16.7 Å². The Hall–Kier alpha value is -2.38. The second kappa shape index (κ2) is 8.10. The molecule has 0 bridgehead atoms. The van der Waals surface area contributed by atoms with Crippen molar-refractivity contribution < 1.29 is 9.18 Å². The number of anilines is 1. The normalized spacial score (nSPS) is 11.1. The Labute approximate surface area is 164 Å². The van der Waals surface area contributed by atoms with Crippen molar-refractivity contribution in [2.75, 3.05) is 11.1 Å². The van der Waals surface area contributed by atoms with Crippen molar-refractivity contribution >= 4 is 45.9 Å². The van der Waals surface area contributed by atoms with Crippen molar-refractivity contribution in [2.24, 2.45) is 0 Å². The number of fused-ring (bicyclic) bond motifs is 1. The molecule has 2 aromatic carbocycles. The first-order chi connectivity index (χ1) is 12.8. The van der Waals surface area contributed by atoms with Gasteiger partial charge in [-0.1, -0.05) is 29.4 Å². The first-order valence-corrected chi connectivity index (χ1v) is 9.61. The highest BCUT2D eigenvalue weighted by molar-refractivity contribution is 7.99. The highest BCUT2D eigenvalue weighted by Crippen LogP contribution is 2.23. The number of carbonyl (C=O) groups is 1. The molecule has 1 N–H and O–H groups in total. The van der Waals surface area contributed by atoms with Crippen LogP contribution in [-0.2, 0) is 4.79 Å². The summed E-state index contributed by atoms with van der Waals surface area (Å²) in [6, 6.07) is 10.5. The van der Waals surface area contributed by atoms with E-state index in [4.69, 9.17) is 11.6 Å². The van der Waals surface area contributed by atoms with Gasteiger partial charge in [0.15, 0.2) is 5.16 Å². The maximum Gasteiger partial charge on any atom is 0.262 e. The van der Waals surface area contributed by atoms with Gasteiger partial charge in [-0.05, 0) is 50.2 Å². The van der Waals surface area contributed by atoms with Crippen LogP contribution in [0.5, 0.6) is 0 Å². The molecule has 0 spiro atoms. The monoisotopic (exact) mass is 405 g/mol. The average Bonchev–Trinajstić information content (AvgIpc) is 2.59. The van der Waals surface area contributed by atoms with Gasteiger partial charge in [0, 0.05) is 16.8 Å². The van der Waals surface area contributed by atoms with Crippen LogP contribution in [0.15, 0.2) is 52.4 Å². The molecule has 1 aromatic heterocycles. The minimum atomic E-state index is -0.429. The van der Waals surface area contributed by atoms with Gasteiger partial charge >= 0.3 is 0 Å². The van der Waals surface area contributed by atoms with Gasteiger partial charge in [0.25, 0.3) is 5.56 Å². The number of hydrogen-bond acceptors (Lipinski definition) is 4. The summed E-state index contributed by atoms with van der Waals surface area (Å²) in [6.07, 6.45) is 0. The Morgan fingerprint density at radius 1 is 1.30 bits per heavy atom. The Balaban J connectivity index is 1.86. The molecule has 0 unspecified atom stereocenters. The summed E-state index contributed by atoms with van der Waals surface area (Å²) in [5, 5.41) is 4.01. The molecule has 3 rings (SSSR count). The lowest BCUT2D eigenvalue weighted by Gasteiger charge is -2.16. The average molecular weight is 406 g/mol. The van der Waals surface area contributed by atoms with Gasteiger partial charge in [0.1, 0.15) is 5.82 Å². The van der Waals surface area contributed by atoms with E-state index >= 15 is 0 Å². The Morgan fingerprint density at radius 2 is 2.07 bits per heavy atom. The number of nitrogens with zero attached hydrogens (tertiary/aromatic N) is 2. The van der Waals surface area contributed by atoms with Crippen LogP contribution in [0, 0.1) is 5.82 Å². The topological polar surface area (TPSA) is 64.0 Å². The maximum absolute atomic E-state index is 13.2. The lowest BCUT2D eigenvalue weighted by Crippen LogP contribution is -2.25. The Morgan fingerprint density at radius 3 is 2.78 bits per heavy atom. The fraction of sp³-hybridized carbons (Fsp3) is 0.211. The summed E-state index contributed by atoms with van der Waals surface area (Å²) in [5.41, 5.74) is 0.678. The second-order valence-electron chi connectivity index (χ2n) is 6.17. The summed E-state index contributed by atoms with van der Waals surface area (Å²) in [5.74, 6) is -0.717. The van der Waals surface area contributed by atoms with Crippen LogP contribution in [0.2, 0.25) is 5.02 Å². The first kappa shape index (κ1) is 19.4. The molecule has 0 radical (unpaired) electrons. The van der Waals surface area contributed by atoms with Crippen molar-refractivity contribution in [2.45, 2.75) is 25.0 Å². The van der Waals surface area contributed by atoms with Crippen molar-refractivity contribution in [1.82, 2.24) is 9.55 Å². The SMILES string of the molecule is CC(C)n1c(SCC(=O)Nc2cccc(F)c2)nc2cc(Cl)ccc2c1=O. The molecule has 27 heavy (non-hydrogen) atoms. The molecule has 1 heterocycles. The number of rotatable bonds is 5. The van der Waals surface area contributed by atoms with E-state index in [2.05, 4.69) is 10.3 Å². The first-order valence-electron chi connectivity index (χ1n) is 8.25. The smallest absolute Gasteiger partial charge is 0.262 e. The zero-order chi connectivity index (χ0) is 19.6. The van der Waals surface area contributed by atoms with Crippen LogP contribution in [0.1, 0.15) is 19.9 Å². The van der Waals surface area contributed by atoms with Crippen LogP contribution in [0.3, 0.4) is 0 Å². The van der Waals surface area contributed by atoms with Crippen molar-refractivity contribution in [3.05, 3.63) is 63.7 Å². The van der Waals surface area contributed by atoms with Gasteiger partial charge in [-0.15, -0.1) is 0 Å². The van der Waals surface area contributed by atoms with E-state index in [0.29, 0.717) is 26.8 Å². The standard InChI is InChI=1S/C19H17ClFN3O2S/c1-11(2)24-18(26)15-7-6-12(20)8-16(15)23-19(24)27-10-17(25)22-14-5-3-4-13(21)9-14/h3-9,11H,10H2,1-2H3,(H,22,25). The molecular formula is C19H17ClFN3O2S. The third kappa shape index (κ3) is 4.48. The number of halogens is 2. The van der Waals surface area contributed by atoms with Gasteiger partial charge < -0.3 is 5.32 Å². The van der Waals surface area contributed by atoms with E-state index in [9.17, 15) is 14.0 Å². The molecule has 0 saturated carbocycles. The highest BCUT2D eigenvalue weighted by Gasteiger charge is 2.16. The zero-order valence-corrected chi connectivity index (χ0v) is 16.3. The fourth-order valence-electron chi connectivity index (χ4n) is 2.60. The number of amides is 1. The van der Waals surface area contributed by atoms with E-state index in [1.807, 2.05) is 13.8 Å². The minimum absolute atomic E-state index is 0.0295. The van der Waals surface area contributed by atoms with Crippen molar-refractivity contribution in [3.8, 4) is 0 Å². The number of hydrogen-bond donors (Lipinski definition) is 1. The van der Waals surface area contributed by atoms with E-state index in [0.717, 1.165) is 11.8 Å². The Bertz CT molecular complexity index is 1070. The fourth-order valence-corrected chi connectivity index (χ4v) is 3.70. The molecule has 140 valence electrons. The van der Waals surface area contributed by atoms with Crippen LogP contribution in [0.25, 0.3) is 10.9 Å². The number of benzene rings is 2. The molecule has 8 heteroatoms. The van der Waals surface area contributed by atoms with Crippen LogP contribution >= 0.6 is 23.4 Å². The van der Waals surface area contributed by atoms with Gasteiger partial charge in [0.2, 0.25) is 5.91 Å². The zero-order valence-electron chi connectivity index (χ0n) is 14.7. The summed E-state index contributed by atoms with van der Waals surface area (Å²) in [6.45, 7) is 3.75. The number of aromatic nitrogens is 2. The number of thioether (sulfide) groups is 1. The third-order valence-corrected chi connectivity index (χ3v) is 4.98. The Kier molecular flexibility index (Phi) is 5.82. The molecule has 0 fully saturated rings. The summed E-state index contributed by atoms with van der Waals surface area (Å²) in [7, 11) is 0. The third-order valence-electron chi connectivity index (χ3n) is 3.79. The van der Waals surface area contributed by atoms with Gasteiger partial charge in [-0.3, -0.25) is 14.2 Å². The van der Waals surface area contributed by atoms with Crippen LogP contribution in [0.4, 0.5) is 10.1 Å². The second-order valence-corrected chi connectivity index (χ2v) is 7.55. The summed E-state index contributed by atoms with van der Waals surface area (Å²) < 4.78 is 14.8. The highest BCUT2D eigenvalue weighted by atomic mass is 35.5. The predicted molar refractivity (Wildman–Crippen MR) is 107 cm³/mol. The molecule has 0 aliphatic carbocycles. The van der Waals surface area contributed by atoms with E-state index in [1.165, 1.54) is 18.2 Å². The lowest BCUT2D eigenvalue weighted by atomic mass is 10.2. The van der Waals surface area contributed by atoms with Gasteiger partial charge in [-0.2, -0.15) is 0 Å². The molecule has 0 aliphatic heterocycles. The van der Waals surface area contributed by atoms with E-state index in [1.54, 1.807) is 28.8 Å². The molecular weight excluding hydrogens is 389 g/mol. The molecule has 5 nitrogen and oxygen atoms in total. The molecule has 0 atom stereocenters. The van der Waals surface area contributed by atoms with Crippen LogP contribution in [-0.4, -0.2) is 21.2 Å². The van der Waals surface area contributed by atoms with Crippen molar-refractivity contribution in [3.63, 3.8) is 0 Å². The lowest BCUT2D eigenvalue weighted by molar-refractivity contribution is -0.113. The van der Waals surface area contributed by atoms with E-state index < -0.39 is 5.82 Å². The minimum Gasteiger partial charge on any atom is -0.325 e. The summed E-state index contributed by atoms with van der Waals surface area (Å²) in [4.78, 5) is 29.5. The number of nitrogens with one attached hydrogen (secondary N) is 1. The van der Waals surface area contributed by atoms with Crippen LogP contribution < -0.4 is 10.9 Å².